The number of rotatable bonds is 7. The van der Waals surface area contributed by atoms with E-state index < -0.39 is 0 Å². The summed E-state index contributed by atoms with van der Waals surface area (Å²) in [6.07, 6.45) is 0.0329. The maximum absolute atomic E-state index is 5.94. The second-order valence-electron chi connectivity index (χ2n) is 5.71. The van der Waals surface area contributed by atoms with E-state index in [0.717, 1.165) is 16.7 Å². The van der Waals surface area contributed by atoms with Crippen LogP contribution in [-0.2, 0) is 11.3 Å². The predicted molar refractivity (Wildman–Crippen MR) is 93.3 cm³/mol. The van der Waals surface area contributed by atoms with Crippen molar-refractivity contribution >= 4 is 11.0 Å². The Hall–Kier alpha value is -2.10. The van der Waals surface area contributed by atoms with Crippen LogP contribution in [0.15, 0.2) is 65.1 Å². The van der Waals surface area contributed by atoms with Crippen molar-refractivity contribution in [2.24, 2.45) is 0 Å². The van der Waals surface area contributed by atoms with Gasteiger partial charge >= 0.3 is 0 Å². The molecule has 1 aromatic heterocycles. The number of nitrogens with one attached hydrogen (secondary N) is 1. The fourth-order valence-corrected chi connectivity index (χ4v) is 2.84. The van der Waals surface area contributed by atoms with Gasteiger partial charge in [0.25, 0.3) is 0 Å². The van der Waals surface area contributed by atoms with E-state index in [0.29, 0.717) is 13.2 Å². The summed E-state index contributed by atoms with van der Waals surface area (Å²) < 4.78 is 11.8. The van der Waals surface area contributed by atoms with Gasteiger partial charge in [-0.3, -0.25) is 0 Å². The van der Waals surface area contributed by atoms with Gasteiger partial charge in [0.05, 0.1) is 12.6 Å². The molecule has 0 bridgehead atoms. The topological polar surface area (TPSA) is 34.4 Å². The van der Waals surface area contributed by atoms with Gasteiger partial charge in [-0.1, -0.05) is 48.5 Å². The standard InChI is InChI=1S/C20H23NO2/c1-3-22-20(16-9-5-4-6-10-16)15(2)21-14-18-13-17-11-7-8-12-19(17)23-18/h4-13,15,20-21H,3,14H2,1-2H3. The third-order valence-corrected chi connectivity index (χ3v) is 4.00. The quantitative estimate of drug-likeness (QED) is 0.687. The van der Waals surface area contributed by atoms with Gasteiger partial charge < -0.3 is 14.5 Å². The maximum Gasteiger partial charge on any atom is 0.134 e. The molecule has 0 amide bonds. The van der Waals surface area contributed by atoms with Gasteiger partial charge in [0, 0.05) is 18.0 Å². The molecule has 0 aliphatic rings. The second kappa shape index (κ2) is 7.44. The lowest BCUT2D eigenvalue weighted by atomic mass is 10.0. The maximum atomic E-state index is 5.94. The largest absolute Gasteiger partial charge is 0.460 e. The first-order chi connectivity index (χ1) is 11.3. The van der Waals surface area contributed by atoms with Gasteiger partial charge in [-0.2, -0.15) is 0 Å². The fraction of sp³-hybridized carbons (Fsp3) is 0.300. The summed E-state index contributed by atoms with van der Waals surface area (Å²) in [5.74, 6) is 0.946. The van der Waals surface area contributed by atoms with Crippen LogP contribution in [0.5, 0.6) is 0 Å². The molecular formula is C20H23NO2. The van der Waals surface area contributed by atoms with E-state index in [2.05, 4.69) is 36.5 Å². The monoisotopic (exact) mass is 309 g/mol. The summed E-state index contributed by atoms with van der Waals surface area (Å²) in [7, 11) is 0. The average Bonchev–Trinajstić information content (AvgIpc) is 3.01. The zero-order valence-electron chi connectivity index (χ0n) is 13.7. The highest BCUT2D eigenvalue weighted by Crippen LogP contribution is 2.23. The van der Waals surface area contributed by atoms with Crippen LogP contribution in [0.1, 0.15) is 31.3 Å². The minimum atomic E-state index is 0.0329. The van der Waals surface area contributed by atoms with Crippen molar-refractivity contribution in [3.63, 3.8) is 0 Å². The Kier molecular flexibility index (Phi) is 5.11. The first-order valence-electron chi connectivity index (χ1n) is 8.15. The highest BCUT2D eigenvalue weighted by atomic mass is 16.5. The van der Waals surface area contributed by atoms with E-state index >= 15 is 0 Å². The molecule has 2 aromatic carbocycles. The third kappa shape index (κ3) is 3.81. The van der Waals surface area contributed by atoms with E-state index in [1.807, 2.05) is 43.3 Å². The normalized spacial score (nSPS) is 14.0. The zero-order chi connectivity index (χ0) is 16.1. The van der Waals surface area contributed by atoms with Crippen molar-refractivity contribution in [1.29, 1.82) is 0 Å². The van der Waals surface area contributed by atoms with Crippen LogP contribution in [0.25, 0.3) is 11.0 Å². The van der Waals surface area contributed by atoms with Gasteiger partial charge in [0.1, 0.15) is 11.3 Å². The summed E-state index contributed by atoms with van der Waals surface area (Å²) in [5.41, 5.74) is 2.13. The summed E-state index contributed by atoms with van der Waals surface area (Å²) >= 11 is 0. The molecule has 23 heavy (non-hydrogen) atoms. The number of hydrogen-bond donors (Lipinski definition) is 1. The van der Waals surface area contributed by atoms with Crippen LogP contribution in [0, 0.1) is 0 Å². The van der Waals surface area contributed by atoms with Crippen molar-refractivity contribution in [3.8, 4) is 0 Å². The average molecular weight is 309 g/mol. The lowest BCUT2D eigenvalue weighted by molar-refractivity contribution is 0.0370. The molecule has 120 valence electrons. The number of benzene rings is 2. The Labute approximate surface area is 137 Å². The highest BCUT2D eigenvalue weighted by Gasteiger charge is 2.19. The molecule has 1 heterocycles. The first-order valence-corrected chi connectivity index (χ1v) is 8.15. The molecule has 0 saturated carbocycles. The molecule has 2 atom stereocenters. The molecule has 0 spiro atoms. The van der Waals surface area contributed by atoms with Crippen LogP contribution >= 0.6 is 0 Å². The fourth-order valence-electron chi connectivity index (χ4n) is 2.84. The van der Waals surface area contributed by atoms with Crippen molar-refractivity contribution in [3.05, 3.63) is 72.0 Å². The molecule has 0 aliphatic heterocycles. The lowest BCUT2D eigenvalue weighted by Gasteiger charge is -2.25. The zero-order valence-corrected chi connectivity index (χ0v) is 13.7. The number of furan rings is 1. The Morgan fingerprint density at radius 3 is 2.52 bits per heavy atom. The molecule has 3 nitrogen and oxygen atoms in total. The van der Waals surface area contributed by atoms with E-state index in [9.17, 15) is 0 Å². The summed E-state index contributed by atoms with van der Waals surface area (Å²) in [5, 5.41) is 4.66. The molecule has 3 aromatic rings. The number of hydrogen-bond acceptors (Lipinski definition) is 3. The lowest BCUT2D eigenvalue weighted by Crippen LogP contribution is -2.33. The van der Waals surface area contributed by atoms with Crippen molar-refractivity contribution in [2.45, 2.75) is 32.5 Å². The van der Waals surface area contributed by atoms with Crippen LogP contribution in [0.3, 0.4) is 0 Å². The first kappa shape index (κ1) is 15.8. The van der Waals surface area contributed by atoms with E-state index in [-0.39, 0.29) is 12.1 Å². The molecule has 0 saturated heterocycles. The van der Waals surface area contributed by atoms with Crippen LogP contribution in [0.4, 0.5) is 0 Å². The van der Waals surface area contributed by atoms with Gasteiger partial charge in [-0.05, 0) is 31.5 Å². The van der Waals surface area contributed by atoms with Crippen LogP contribution in [0.2, 0.25) is 0 Å². The van der Waals surface area contributed by atoms with Gasteiger partial charge in [-0.25, -0.2) is 0 Å². The van der Waals surface area contributed by atoms with Gasteiger partial charge in [-0.15, -0.1) is 0 Å². The minimum Gasteiger partial charge on any atom is -0.460 e. The molecule has 0 aliphatic carbocycles. The number of fused-ring (bicyclic) bond motifs is 1. The Balaban J connectivity index is 1.67. The van der Waals surface area contributed by atoms with Gasteiger partial charge in [0.2, 0.25) is 0 Å². The van der Waals surface area contributed by atoms with Crippen LogP contribution in [-0.4, -0.2) is 12.6 Å². The summed E-state index contributed by atoms with van der Waals surface area (Å²) in [6.45, 7) is 5.56. The Morgan fingerprint density at radius 2 is 1.78 bits per heavy atom. The molecule has 0 radical (unpaired) electrons. The van der Waals surface area contributed by atoms with E-state index in [4.69, 9.17) is 9.15 Å². The molecular weight excluding hydrogens is 286 g/mol. The highest BCUT2D eigenvalue weighted by molar-refractivity contribution is 5.77. The number of ether oxygens (including phenoxy) is 1. The Morgan fingerprint density at radius 1 is 1.04 bits per heavy atom. The summed E-state index contributed by atoms with van der Waals surface area (Å²) in [6, 6.07) is 20.7. The molecule has 1 N–H and O–H groups in total. The number of para-hydroxylation sites is 1. The summed E-state index contributed by atoms with van der Waals surface area (Å²) in [4.78, 5) is 0. The smallest absolute Gasteiger partial charge is 0.134 e. The van der Waals surface area contributed by atoms with E-state index in [1.54, 1.807) is 0 Å². The molecule has 0 fully saturated rings. The molecule has 2 unspecified atom stereocenters. The third-order valence-electron chi connectivity index (χ3n) is 4.00. The van der Waals surface area contributed by atoms with Crippen molar-refractivity contribution in [2.75, 3.05) is 6.61 Å². The van der Waals surface area contributed by atoms with E-state index in [1.165, 1.54) is 5.56 Å². The Bertz CT molecular complexity index is 702. The van der Waals surface area contributed by atoms with Crippen molar-refractivity contribution in [1.82, 2.24) is 5.32 Å². The molecule has 3 heteroatoms. The van der Waals surface area contributed by atoms with Crippen molar-refractivity contribution < 1.29 is 9.15 Å². The SMILES string of the molecule is CCOC(c1ccccc1)C(C)NCc1cc2ccccc2o1. The molecule has 3 rings (SSSR count). The second-order valence-corrected chi connectivity index (χ2v) is 5.71. The predicted octanol–water partition coefficient (Wildman–Crippen LogP) is 4.69. The van der Waals surface area contributed by atoms with Crippen LogP contribution < -0.4 is 5.32 Å². The van der Waals surface area contributed by atoms with Gasteiger partial charge in [0.15, 0.2) is 0 Å². The minimum absolute atomic E-state index is 0.0329.